The van der Waals surface area contributed by atoms with E-state index in [1.165, 1.54) is 6.33 Å². The van der Waals surface area contributed by atoms with Crippen molar-refractivity contribution in [1.82, 2.24) is 15.3 Å². The Labute approximate surface area is 113 Å². The van der Waals surface area contributed by atoms with Gasteiger partial charge in [0.15, 0.2) is 0 Å². The molecule has 19 heavy (non-hydrogen) atoms. The van der Waals surface area contributed by atoms with E-state index in [9.17, 15) is 4.79 Å². The molecular weight excluding hydrogens is 244 g/mol. The molecule has 0 bridgehead atoms. The lowest BCUT2D eigenvalue weighted by Crippen LogP contribution is -2.43. The first-order valence-electron chi connectivity index (χ1n) is 6.22. The van der Waals surface area contributed by atoms with Crippen LogP contribution in [-0.4, -0.2) is 28.0 Å². The standard InChI is InChI=1S/C12H22N6O/c1-5-8-10(15-7-16-11(8)18-13)14-6-9(19)17-12(2,3)4/h7H,5-6,13H2,1-4H3,(H,17,19)(H2,14,15,16,18). The first-order valence-corrected chi connectivity index (χ1v) is 6.22. The third-order valence-corrected chi connectivity index (χ3v) is 2.37. The predicted molar refractivity (Wildman–Crippen MR) is 75.6 cm³/mol. The molecule has 0 aromatic carbocycles. The van der Waals surface area contributed by atoms with E-state index in [2.05, 4.69) is 26.0 Å². The number of hydrogen-bond donors (Lipinski definition) is 4. The lowest BCUT2D eigenvalue weighted by Gasteiger charge is -2.21. The van der Waals surface area contributed by atoms with Crippen molar-refractivity contribution >= 4 is 17.5 Å². The van der Waals surface area contributed by atoms with E-state index in [0.717, 1.165) is 5.56 Å². The molecular formula is C12H22N6O. The lowest BCUT2D eigenvalue weighted by molar-refractivity contribution is -0.120. The van der Waals surface area contributed by atoms with Gasteiger partial charge in [-0.3, -0.25) is 4.79 Å². The number of carbonyl (C=O) groups excluding carboxylic acids is 1. The van der Waals surface area contributed by atoms with Crippen LogP contribution in [0.15, 0.2) is 6.33 Å². The van der Waals surface area contributed by atoms with E-state index in [1.807, 2.05) is 27.7 Å². The number of nitrogen functional groups attached to an aromatic ring is 1. The van der Waals surface area contributed by atoms with Crippen molar-refractivity contribution in [2.45, 2.75) is 39.7 Å². The minimum atomic E-state index is -0.248. The molecule has 1 aromatic heterocycles. The summed E-state index contributed by atoms with van der Waals surface area (Å²) in [6, 6.07) is 0. The van der Waals surface area contributed by atoms with Gasteiger partial charge in [0.1, 0.15) is 18.0 Å². The number of hydrogen-bond acceptors (Lipinski definition) is 6. The number of nitrogens with two attached hydrogens (primary N) is 1. The number of carbonyl (C=O) groups is 1. The monoisotopic (exact) mass is 266 g/mol. The van der Waals surface area contributed by atoms with Gasteiger partial charge >= 0.3 is 0 Å². The van der Waals surface area contributed by atoms with Gasteiger partial charge < -0.3 is 16.1 Å². The SMILES string of the molecule is CCc1c(NN)ncnc1NCC(=O)NC(C)(C)C. The van der Waals surface area contributed by atoms with Crippen LogP contribution in [0.25, 0.3) is 0 Å². The summed E-state index contributed by atoms with van der Waals surface area (Å²) in [5, 5.41) is 5.87. The zero-order valence-electron chi connectivity index (χ0n) is 11.9. The number of aromatic nitrogens is 2. The minimum Gasteiger partial charge on any atom is -0.361 e. The smallest absolute Gasteiger partial charge is 0.239 e. The van der Waals surface area contributed by atoms with Gasteiger partial charge in [-0.25, -0.2) is 15.8 Å². The van der Waals surface area contributed by atoms with Crippen LogP contribution in [0.5, 0.6) is 0 Å². The highest BCUT2D eigenvalue weighted by Gasteiger charge is 2.14. The summed E-state index contributed by atoms with van der Waals surface area (Å²) < 4.78 is 0. The Morgan fingerprint density at radius 3 is 2.47 bits per heavy atom. The third kappa shape index (κ3) is 4.70. The summed E-state index contributed by atoms with van der Waals surface area (Å²) >= 11 is 0. The number of nitrogens with one attached hydrogen (secondary N) is 3. The van der Waals surface area contributed by atoms with Crippen molar-refractivity contribution in [2.24, 2.45) is 5.84 Å². The molecule has 1 aromatic rings. The fourth-order valence-corrected chi connectivity index (χ4v) is 1.65. The molecule has 1 rings (SSSR count). The van der Waals surface area contributed by atoms with Crippen molar-refractivity contribution < 1.29 is 4.79 Å². The van der Waals surface area contributed by atoms with Crippen LogP contribution in [-0.2, 0) is 11.2 Å². The van der Waals surface area contributed by atoms with Gasteiger partial charge in [-0.2, -0.15) is 0 Å². The molecule has 0 fully saturated rings. The molecule has 7 nitrogen and oxygen atoms in total. The average Bonchev–Trinajstić information content (AvgIpc) is 2.33. The van der Waals surface area contributed by atoms with Crippen LogP contribution < -0.4 is 21.9 Å². The summed E-state index contributed by atoms with van der Waals surface area (Å²) in [5.74, 6) is 6.49. The molecule has 1 amide bonds. The highest BCUT2D eigenvalue weighted by Crippen LogP contribution is 2.19. The topological polar surface area (TPSA) is 105 Å². The van der Waals surface area contributed by atoms with Gasteiger partial charge in [0.2, 0.25) is 5.91 Å². The summed E-state index contributed by atoms with van der Waals surface area (Å²) in [6.07, 6.45) is 2.11. The summed E-state index contributed by atoms with van der Waals surface area (Å²) in [4.78, 5) is 19.9. The van der Waals surface area contributed by atoms with Crippen molar-refractivity contribution in [3.05, 3.63) is 11.9 Å². The van der Waals surface area contributed by atoms with Crippen LogP contribution in [0.4, 0.5) is 11.6 Å². The second-order valence-corrected chi connectivity index (χ2v) is 5.20. The van der Waals surface area contributed by atoms with Gasteiger partial charge in [-0.05, 0) is 27.2 Å². The zero-order chi connectivity index (χ0) is 14.5. The van der Waals surface area contributed by atoms with Crippen molar-refractivity contribution in [3.8, 4) is 0 Å². The van der Waals surface area contributed by atoms with E-state index < -0.39 is 0 Å². The Morgan fingerprint density at radius 2 is 1.95 bits per heavy atom. The summed E-state index contributed by atoms with van der Waals surface area (Å²) in [5.41, 5.74) is 3.13. The predicted octanol–water partition coefficient (Wildman–Crippen LogP) is 0.651. The largest absolute Gasteiger partial charge is 0.361 e. The van der Waals surface area contributed by atoms with Crippen LogP contribution in [0.3, 0.4) is 0 Å². The quantitative estimate of drug-likeness (QED) is 0.461. The Kier molecular flexibility index (Phi) is 5.05. The molecule has 7 heteroatoms. The van der Waals surface area contributed by atoms with Gasteiger partial charge in [0, 0.05) is 11.1 Å². The van der Waals surface area contributed by atoms with Gasteiger partial charge in [0.05, 0.1) is 6.54 Å². The molecule has 0 aliphatic carbocycles. The van der Waals surface area contributed by atoms with E-state index in [1.54, 1.807) is 0 Å². The highest BCUT2D eigenvalue weighted by atomic mass is 16.2. The average molecular weight is 266 g/mol. The van der Waals surface area contributed by atoms with Crippen LogP contribution in [0.2, 0.25) is 0 Å². The zero-order valence-corrected chi connectivity index (χ0v) is 11.9. The molecule has 0 aliphatic rings. The molecule has 0 radical (unpaired) electrons. The molecule has 0 unspecified atom stereocenters. The number of rotatable bonds is 5. The van der Waals surface area contributed by atoms with E-state index in [0.29, 0.717) is 18.1 Å². The van der Waals surface area contributed by atoms with Crippen molar-refractivity contribution in [2.75, 3.05) is 17.3 Å². The van der Waals surface area contributed by atoms with E-state index >= 15 is 0 Å². The summed E-state index contributed by atoms with van der Waals surface area (Å²) in [7, 11) is 0. The first-order chi connectivity index (χ1) is 8.87. The fraction of sp³-hybridized carbons (Fsp3) is 0.583. The van der Waals surface area contributed by atoms with Crippen LogP contribution in [0, 0.1) is 0 Å². The maximum atomic E-state index is 11.7. The number of nitrogens with zero attached hydrogens (tertiary/aromatic N) is 2. The normalized spacial score (nSPS) is 11.0. The van der Waals surface area contributed by atoms with Gasteiger partial charge in [0.25, 0.3) is 0 Å². The number of anilines is 2. The first kappa shape index (κ1) is 15.2. The molecule has 0 aliphatic heterocycles. The van der Waals surface area contributed by atoms with Crippen molar-refractivity contribution in [1.29, 1.82) is 0 Å². The van der Waals surface area contributed by atoms with Crippen LogP contribution in [0.1, 0.15) is 33.3 Å². The Balaban J connectivity index is 2.70. The Bertz CT molecular complexity index is 440. The number of hydrazine groups is 1. The maximum Gasteiger partial charge on any atom is 0.239 e. The lowest BCUT2D eigenvalue weighted by atomic mass is 10.1. The molecule has 0 spiro atoms. The minimum absolute atomic E-state index is 0.0876. The Morgan fingerprint density at radius 1 is 1.32 bits per heavy atom. The molecule has 1 heterocycles. The van der Waals surface area contributed by atoms with E-state index in [4.69, 9.17) is 5.84 Å². The highest BCUT2D eigenvalue weighted by molar-refractivity contribution is 5.81. The third-order valence-electron chi connectivity index (χ3n) is 2.37. The fourth-order valence-electron chi connectivity index (χ4n) is 1.65. The van der Waals surface area contributed by atoms with Gasteiger partial charge in [-0.15, -0.1) is 0 Å². The molecule has 0 saturated carbocycles. The summed E-state index contributed by atoms with van der Waals surface area (Å²) in [6.45, 7) is 7.93. The second-order valence-electron chi connectivity index (χ2n) is 5.20. The number of amides is 1. The van der Waals surface area contributed by atoms with E-state index in [-0.39, 0.29) is 18.0 Å². The molecule has 0 atom stereocenters. The molecule has 106 valence electrons. The Hall–Kier alpha value is -1.89. The maximum absolute atomic E-state index is 11.7. The van der Waals surface area contributed by atoms with Crippen molar-refractivity contribution in [3.63, 3.8) is 0 Å². The van der Waals surface area contributed by atoms with Crippen LogP contribution >= 0.6 is 0 Å². The molecule has 0 saturated heterocycles. The molecule has 5 N–H and O–H groups in total. The van der Waals surface area contributed by atoms with Gasteiger partial charge in [-0.1, -0.05) is 6.92 Å². The second kappa shape index (κ2) is 6.33.